The third-order valence-corrected chi connectivity index (χ3v) is 10.1. The second kappa shape index (κ2) is 18.3. The number of fused-ring (bicyclic) bond motifs is 1. The van der Waals surface area contributed by atoms with Crippen LogP contribution in [0.4, 0.5) is 14.4 Å². The number of esters is 1. The van der Waals surface area contributed by atoms with Crippen LogP contribution >= 0.6 is 0 Å². The van der Waals surface area contributed by atoms with E-state index in [0.717, 1.165) is 0 Å². The number of likely N-dealkylation sites (N-methyl/N-ethyl adjacent to an activating group) is 2. The van der Waals surface area contributed by atoms with Crippen LogP contribution < -0.4 is 16.4 Å². The van der Waals surface area contributed by atoms with Crippen LogP contribution in [-0.4, -0.2) is 121 Å². The van der Waals surface area contributed by atoms with E-state index in [1.807, 2.05) is 62.3 Å². The molecule has 1 aliphatic heterocycles. The number of ether oxygens (including phenoxy) is 3. The molecule has 4 N–H and O–H groups in total. The Bertz CT molecular complexity index is 1330. The number of carbonyl (C=O) groups excluding carboxylic acids is 5. The Morgan fingerprint density at radius 3 is 1.55 bits per heavy atom. The average molecular weight is 785 g/mol. The van der Waals surface area contributed by atoms with E-state index in [1.54, 1.807) is 39.8 Å². The number of carbonyl (C=O) groups is 5. The van der Waals surface area contributed by atoms with Gasteiger partial charge in [-0.15, -0.1) is 0 Å². The van der Waals surface area contributed by atoms with E-state index in [2.05, 4.69) is 45.3 Å². The number of rotatable bonds is 8. The Morgan fingerprint density at radius 2 is 1.18 bits per heavy atom. The summed E-state index contributed by atoms with van der Waals surface area (Å²) >= 11 is 0. The van der Waals surface area contributed by atoms with Gasteiger partial charge < -0.3 is 45.3 Å². The Hall–Kier alpha value is -3.29. The van der Waals surface area contributed by atoms with Crippen molar-refractivity contribution < 1.29 is 38.2 Å². The van der Waals surface area contributed by atoms with Crippen molar-refractivity contribution in [3.8, 4) is 0 Å². The van der Waals surface area contributed by atoms with E-state index in [1.165, 1.54) is 16.9 Å². The van der Waals surface area contributed by atoms with Crippen molar-refractivity contribution in [1.29, 1.82) is 0 Å². The zero-order valence-electron chi connectivity index (χ0n) is 37.3. The summed E-state index contributed by atoms with van der Waals surface area (Å²) in [5.74, 6) is -0.462. The summed E-state index contributed by atoms with van der Waals surface area (Å²) in [5, 5.41) is 5.84. The Labute approximate surface area is 333 Å². The van der Waals surface area contributed by atoms with Crippen LogP contribution in [0.25, 0.3) is 0 Å². The van der Waals surface area contributed by atoms with Gasteiger partial charge in [-0.05, 0) is 69.1 Å². The third-order valence-electron chi connectivity index (χ3n) is 10.1. The zero-order valence-corrected chi connectivity index (χ0v) is 37.3. The molecule has 0 unspecified atom stereocenters. The van der Waals surface area contributed by atoms with E-state index in [-0.39, 0.29) is 54.7 Å². The minimum absolute atomic E-state index is 0. The van der Waals surface area contributed by atoms with Crippen molar-refractivity contribution in [3.63, 3.8) is 0 Å². The first-order chi connectivity index (χ1) is 24.0. The SMILES string of the molecule is C.CN(C[C@@H](N)C(C)(C)C)C(=O)OC(C)(C)C.COC(=O)[C@@H]1[C@@H]2[C@H](CN1C(=O)[C@@H](NC(=O)N[C@H](CN(C)C(=O)OC(C)(C)C)C(C)(C)C)C(C)(C)C)C2(C)C. The fraction of sp³-hybridized carbons (Fsp3) is 0.878. The number of piperidine rings is 1. The van der Waals surface area contributed by atoms with Crippen molar-refractivity contribution in [1.82, 2.24) is 25.3 Å². The Balaban J connectivity index is 0.00000145. The van der Waals surface area contributed by atoms with E-state index in [9.17, 15) is 24.0 Å². The maximum Gasteiger partial charge on any atom is 0.410 e. The molecule has 14 heteroatoms. The van der Waals surface area contributed by atoms with Gasteiger partial charge >= 0.3 is 24.2 Å². The highest BCUT2D eigenvalue weighted by Crippen LogP contribution is 2.65. The van der Waals surface area contributed by atoms with Gasteiger partial charge in [-0.25, -0.2) is 19.2 Å². The molecule has 0 aromatic heterocycles. The average Bonchev–Trinajstić information content (AvgIpc) is 3.27. The van der Waals surface area contributed by atoms with E-state index < -0.39 is 58.3 Å². The molecule has 1 aliphatic carbocycles. The van der Waals surface area contributed by atoms with Gasteiger partial charge in [0.25, 0.3) is 0 Å². The van der Waals surface area contributed by atoms with E-state index >= 15 is 0 Å². The molecule has 1 saturated carbocycles. The number of urea groups is 1. The second-order valence-electron chi connectivity index (χ2n) is 20.9. The maximum absolute atomic E-state index is 13.8. The molecule has 6 atom stereocenters. The van der Waals surface area contributed by atoms with Gasteiger partial charge in [0.05, 0.1) is 13.2 Å². The number of methoxy groups -OCH3 is 1. The maximum atomic E-state index is 13.8. The highest BCUT2D eigenvalue weighted by atomic mass is 16.6. The first kappa shape index (κ1) is 51.7. The molecule has 5 amide bonds. The number of likely N-dealkylation sites (tertiary alicyclic amines) is 1. The van der Waals surface area contributed by atoms with Crippen LogP contribution in [0.5, 0.6) is 0 Å². The molecule has 14 nitrogen and oxygen atoms in total. The zero-order chi connectivity index (χ0) is 42.7. The minimum Gasteiger partial charge on any atom is -0.467 e. The molecular weight excluding hydrogens is 704 g/mol. The normalized spacial score (nSPS) is 20.8. The molecule has 2 rings (SSSR count). The van der Waals surface area contributed by atoms with Crippen molar-refractivity contribution in [2.45, 2.75) is 160 Å². The van der Waals surface area contributed by atoms with Crippen molar-refractivity contribution in [2.24, 2.45) is 39.2 Å². The highest BCUT2D eigenvalue weighted by Gasteiger charge is 2.70. The van der Waals surface area contributed by atoms with Gasteiger partial charge in [0.1, 0.15) is 23.3 Å². The smallest absolute Gasteiger partial charge is 0.410 e. The summed E-state index contributed by atoms with van der Waals surface area (Å²) in [6, 6.07) is -2.55. The number of nitrogens with two attached hydrogens (primary N) is 1. The first-order valence-corrected chi connectivity index (χ1v) is 19.0. The summed E-state index contributed by atoms with van der Waals surface area (Å²) in [5.41, 5.74) is 3.84. The van der Waals surface area contributed by atoms with Crippen molar-refractivity contribution in [2.75, 3.05) is 40.8 Å². The van der Waals surface area contributed by atoms with Crippen molar-refractivity contribution in [3.05, 3.63) is 0 Å². The molecule has 0 bridgehead atoms. The van der Waals surface area contributed by atoms with Crippen LogP contribution in [0, 0.1) is 33.5 Å². The van der Waals surface area contributed by atoms with Crippen LogP contribution in [0.15, 0.2) is 0 Å². The standard InChI is InChI=1S/C28H50N4O6.C12H26N2O2.CH4/c1-25(2,3)17(15-31(12)24(36)38-27(7,8)9)29-23(35)30-20(26(4,5)6)21(33)32-14-16-18(28(16,10)11)19(32)22(34)37-13;1-11(2,3)9(13)8-14(7)10(15)16-12(4,5)6;/h16-20H,14-15H2,1-13H3,(H2,29,30,35);9H,8,13H2,1-7H3;1H4/t16-,17+,18-,19-,20+;9-;/m01./s1. The number of nitrogens with one attached hydrogen (secondary N) is 2. The van der Waals surface area contributed by atoms with Gasteiger partial charge in [-0.3, -0.25) is 4.79 Å². The molecule has 2 fully saturated rings. The lowest BCUT2D eigenvalue weighted by Gasteiger charge is -2.38. The largest absolute Gasteiger partial charge is 0.467 e. The number of amides is 5. The van der Waals surface area contributed by atoms with E-state index in [4.69, 9.17) is 19.9 Å². The lowest BCUT2D eigenvalue weighted by Crippen LogP contribution is -2.61. The molecule has 0 aromatic rings. The van der Waals surface area contributed by atoms with Crippen LogP contribution in [-0.2, 0) is 23.8 Å². The molecule has 0 spiro atoms. The molecular formula is C41H80N6O8. The third kappa shape index (κ3) is 15.3. The van der Waals surface area contributed by atoms with Gasteiger partial charge in [0, 0.05) is 45.7 Å². The number of hydrogen-bond donors (Lipinski definition) is 3. The van der Waals surface area contributed by atoms with Crippen LogP contribution in [0.3, 0.4) is 0 Å². The fourth-order valence-electron chi connectivity index (χ4n) is 6.26. The Morgan fingerprint density at radius 1 is 0.745 bits per heavy atom. The number of hydrogen-bond acceptors (Lipinski definition) is 9. The Kier molecular flexibility index (Phi) is 17.2. The van der Waals surface area contributed by atoms with Gasteiger partial charge in [-0.1, -0.05) is 83.6 Å². The van der Waals surface area contributed by atoms with E-state index in [0.29, 0.717) is 13.1 Å². The molecule has 55 heavy (non-hydrogen) atoms. The predicted octanol–water partition coefficient (Wildman–Crippen LogP) is 6.50. The topological polar surface area (TPSA) is 173 Å². The minimum atomic E-state index is -0.875. The molecule has 0 aromatic carbocycles. The second-order valence-corrected chi connectivity index (χ2v) is 20.9. The van der Waals surface area contributed by atoms with Crippen molar-refractivity contribution >= 4 is 30.1 Å². The molecule has 0 radical (unpaired) electrons. The fourth-order valence-corrected chi connectivity index (χ4v) is 6.26. The van der Waals surface area contributed by atoms with Crippen LogP contribution in [0.2, 0.25) is 0 Å². The molecule has 322 valence electrons. The summed E-state index contributed by atoms with van der Waals surface area (Å²) in [6.45, 7) is 34.0. The summed E-state index contributed by atoms with van der Waals surface area (Å²) < 4.78 is 15.7. The van der Waals surface area contributed by atoms with Gasteiger partial charge in [0.15, 0.2) is 0 Å². The quantitative estimate of drug-likeness (QED) is 0.184. The molecule has 2 aliphatic rings. The highest BCUT2D eigenvalue weighted by molar-refractivity contribution is 5.92. The van der Waals surface area contributed by atoms with Gasteiger partial charge in [0.2, 0.25) is 5.91 Å². The lowest BCUT2D eigenvalue weighted by molar-refractivity contribution is -0.154. The molecule has 1 saturated heterocycles. The number of nitrogens with zero attached hydrogens (tertiary/aromatic N) is 3. The molecule has 1 heterocycles. The van der Waals surface area contributed by atoms with Crippen LogP contribution in [0.1, 0.15) is 125 Å². The summed E-state index contributed by atoms with van der Waals surface area (Å²) in [7, 11) is 4.67. The summed E-state index contributed by atoms with van der Waals surface area (Å²) in [6.07, 6.45) is -0.812. The predicted molar refractivity (Wildman–Crippen MR) is 218 cm³/mol. The first-order valence-electron chi connectivity index (χ1n) is 19.0. The lowest BCUT2D eigenvalue weighted by atomic mass is 9.85. The summed E-state index contributed by atoms with van der Waals surface area (Å²) in [4.78, 5) is 68.5. The monoisotopic (exact) mass is 785 g/mol. The van der Waals surface area contributed by atoms with Gasteiger partial charge in [-0.2, -0.15) is 0 Å².